The maximum absolute atomic E-state index is 14.1. The van der Waals surface area contributed by atoms with Crippen molar-refractivity contribution in [2.75, 3.05) is 10.8 Å². The zero-order chi connectivity index (χ0) is 29.6. The lowest BCUT2D eigenvalue weighted by Crippen LogP contribution is -2.53. The Balaban J connectivity index is 2.08. The number of nitrogens with one attached hydrogen (secondary N) is 1. The maximum Gasteiger partial charge on any atom is 0.264 e. The number of rotatable bonds is 11. The Kier molecular flexibility index (Phi) is 11.1. The van der Waals surface area contributed by atoms with Gasteiger partial charge in [0.2, 0.25) is 11.8 Å². The van der Waals surface area contributed by atoms with Gasteiger partial charge in [0.25, 0.3) is 10.0 Å². The van der Waals surface area contributed by atoms with Gasteiger partial charge < -0.3 is 10.2 Å². The summed E-state index contributed by atoms with van der Waals surface area (Å²) in [5.74, 6) is -0.881. The van der Waals surface area contributed by atoms with E-state index in [-0.39, 0.29) is 23.4 Å². The van der Waals surface area contributed by atoms with Gasteiger partial charge in [0.15, 0.2) is 0 Å². The molecule has 0 aromatic heterocycles. The third-order valence-corrected chi connectivity index (χ3v) is 9.16. The summed E-state index contributed by atoms with van der Waals surface area (Å²) in [7, 11) is -4.15. The Hall–Kier alpha value is -2.59. The van der Waals surface area contributed by atoms with Crippen LogP contribution >= 0.6 is 39.1 Å². The zero-order valence-electron chi connectivity index (χ0n) is 22.7. The Morgan fingerprint density at radius 1 is 0.975 bits per heavy atom. The van der Waals surface area contributed by atoms with Crippen LogP contribution in [0, 0.1) is 6.92 Å². The fourth-order valence-corrected chi connectivity index (χ4v) is 6.25. The number of amides is 2. The van der Waals surface area contributed by atoms with Crippen LogP contribution in [-0.2, 0) is 26.2 Å². The molecule has 0 saturated heterocycles. The normalized spacial score (nSPS) is 12.2. The first-order valence-corrected chi connectivity index (χ1v) is 15.7. The summed E-state index contributed by atoms with van der Waals surface area (Å²) >= 11 is 15.7. The second-order valence-electron chi connectivity index (χ2n) is 9.66. The van der Waals surface area contributed by atoms with Gasteiger partial charge in [-0.3, -0.25) is 13.9 Å². The molecule has 0 bridgehead atoms. The third-order valence-electron chi connectivity index (χ3n) is 6.14. The first-order valence-electron chi connectivity index (χ1n) is 12.7. The second-order valence-corrected chi connectivity index (χ2v) is 13.3. The molecule has 0 unspecified atom stereocenters. The summed E-state index contributed by atoms with van der Waals surface area (Å²) in [6, 6.07) is 17.1. The third kappa shape index (κ3) is 8.00. The number of carbonyl (C=O) groups is 2. The lowest BCUT2D eigenvalue weighted by molar-refractivity contribution is -0.140. The predicted octanol–water partition coefficient (Wildman–Crippen LogP) is 6.59. The van der Waals surface area contributed by atoms with E-state index in [1.165, 1.54) is 17.0 Å². The number of hydrogen-bond donors (Lipinski definition) is 1. The largest absolute Gasteiger partial charge is 0.352 e. The summed E-state index contributed by atoms with van der Waals surface area (Å²) in [4.78, 5) is 28.7. The molecule has 1 N–H and O–H groups in total. The van der Waals surface area contributed by atoms with Crippen molar-refractivity contribution >= 4 is 66.7 Å². The summed E-state index contributed by atoms with van der Waals surface area (Å²) in [6.45, 7) is 6.82. The first kappa shape index (κ1) is 31.9. The molecule has 0 aliphatic carbocycles. The van der Waals surface area contributed by atoms with E-state index in [1.54, 1.807) is 61.5 Å². The molecule has 11 heteroatoms. The molecule has 0 radical (unpaired) electrons. The van der Waals surface area contributed by atoms with Gasteiger partial charge in [-0.15, -0.1) is 0 Å². The molecule has 0 fully saturated rings. The number of halogens is 3. The van der Waals surface area contributed by atoms with Crippen molar-refractivity contribution in [1.82, 2.24) is 10.2 Å². The molecule has 3 aromatic rings. The van der Waals surface area contributed by atoms with E-state index in [1.807, 2.05) is 20.8 Å². The van der Waals surface area contributed by atoms with Gasteiger partial charge in [-0.2, -0.15) is 0 Å². The van der Waals surface area contributed by atoms with E-state index < -0.39 is 28.5 Å². The smallest absolute Gasteiger partial charge is 0.264 e. The van der Waals surface area contributed by atoms with Gasteiger partial charge in [-0.05, 0) is 75.2 Å². The number of carbonyl (C=O) groups excluding carboxylic acids is 2. The maximum atomic E-state index is 14.1. The molecule has 0 saturated carbocycles. The molecular formula is C29H32BrCl2N3O4S. The number of hydrogen-bond acceptors (Lipinski definition) is 4. The Bertz CT molecular complexity index is 1470. The molecule has 3 rings (SSSR count). The number of anilines is 1. The van der Waals surface area contributed by atoms with E-state index in [9.17, 15) is 18.0 Å². The van der Waals surface area contributed by atoms with Crippen LogP contribution in [0.3, 0.4) is 0 Å². The van der Waals surface area contributed by atoms with Crippen LogP contribution in [0.1, 0.15) is 38.3 Å². The fourth-order valence-electron chi connectivity index (χ4n) is 4.13. The van der Waals surface area contributed by atoms with Crippen LogP contribution in [0.5, 0.6) is 0 Å². The summed E-state index contributed by atoms with van der Waals surface area (Å²) in [5, 5.41) is 3.54. The first-order chi connectivity index (χ1) is 18.8. The van der Waals surface area contributed by atoms with E-state index in [0.717, 1.165) is 9.87 Å². The van der Waals surface area contributed by atoms with E-state index in [0.29, 0.717) is 32.2 Å². The van der Waals surface area contributed by atoms with E-state index in [2.05, 4.69) is 21.2 Å². The molecule has 1 atom stereocenters. The molecule has 0 heterocycles. The van der Waals surface area contributed by atoms with Gasteiger partial charge in [0.05, 0.1) is 20.6 Å². The Morgan fingerprint density at radius 2 is 1.65 bits per heavy atom. The molecule has 2 amide bonds. The Labute approximate surface area is 254 Å². The molecule has 0 aliphatic rings. The second kappa shape index (κ2) is 13.9. The molecule has 214 valence electrons. The van der Waals surface area contributed by atoms with Crippen molar-refractivity contribution in [3.8, 4) is 0 Å². The predicted molar refractivity (Wildman–Crippen MR) is 164 cm³/mol. The highest BCUT2D eigenvalue weighted by Gasteiger charge is 2.34. The van der Waals surface area contributed by atoms with Gasteiger partial charge in [0.1, 0.15) is 12.6 Å². The monoisotopic (exact) mass is 667 g/mol. The number of benzene rings is 3. The van der Waals surface area contributed by atoms with E-state index in [4.69, 9.17) is 23.2 Å². The lowest BCUT2D eigenvalue weighted by atomic mass is 10.1. The topological polar surface area (TPSA) is 86.8 Å². The summed E-state index contributed by atoms with van der Waals surface area (Å²) in [6.07, 6.45) is 0.313. The van der Waals surface area contributed by atoms with Crippen molar-refractivity contribution in [3.63, 3.8) is 0 Å². The molecule has 0 aliphatic heterocycles. The van der Waals surface area contributed by atoms with Crippen LogP contribution in [0.2, 0.25) is 10.0 Å². The zero-order valence-corrected chi connectivity index (χ0v) is 26.6. The number of aryl methyl sites for hydroxylation is 1. The Morgan fingerprint density at radius 3 is 2.23 bits per heavy atom. The van der Waals surface area contributed by atoms with Crippen LogP contribution in [-0.4, -0.2) is 43.8 Å². The van der Waals surface area contributed by atoms with Crippen LogP contribution < -0.4 is 9.62 Å². The van der Waals surface area contributed by atoms with Gasteiger partial charge >= 0.3 is 0 Å². The van der Waals surface area contributed by atoms with Gasteiger partial charge in [-0.1, -0.05) is 75.9 Å². The number of nitrogens with zero attached hydrogens (tertiary/aromatic N) is 2. The van der Waals surface area contributed by atoms with Crippen molar-refractivity contribution in [1.29, 1.82) is 0 Å². The van der Waals surface area contributed by atoms with Crippen molar-refractivity contribution in [2.45, 2.75) is 57.6 Å². The minimum atomic E-state index is -4.15. The highest BCUT2D eigenvalue weighted by Crippen LogP contribution is 2.28. The van der Waals surface area contributed by atoms with Crippen LogP contribution in [0.4, 0.5) is 5.69 Å². The average molecular weight is 669 g/mol. The average Bonchev–Trinajstić information content (AvgIpc) is 2.88. The standard InChI is InChI=1S/C29H32BrCl2N3O4S/c1-5-27(29(37)33-19(2)3)34(17-21-11-14-25(31)26(32)15-21)28(36)18-35(23-8-6-7-22(30)16-23)40(38,39)24-12-9-20(4)10-13-24/h6-16,19,27H,5,17-18H2,1-4H3,(H,33,37)/t27-/m1/s1. The molecule has 3 aromatic carbocycles. The molecular weight excluding hydrogens is 637 g/mol. The SMILES string of the molecule is CC[C@H](C(=O)NC(C)C)N(Cc1ccc(Cl)c(Cl)c1)C(=O)CN(c1cccc(Br)c1)S(=O)(=O)c1ccc(C)cc1. The minimum absolute atomic E-state index is 0.0245. The molecule has 0 spiro atoms. The summed E-state index contributed by atoms with van der Waals surface area (Å²) in [5.41, 5.74) is 1.85. The van der Waals surface area contributed by atoms with Crippen LogP contribution in [0.25, 0.3) is 0 Å². The van der Waals surface area contributed by atoms with Gasteiger partial charge in [0, 0.05) is 17.1 Å². The molecule has 7 nitrogen and oxygen atoms in total. The number of sulfonamides is 1. The summed E-state index contributed by atoms with van der Waals surface area (Å²) < 4.78 is 29.5. The quantitative estimate of drug-likeness (QED) is 0.250. The van der Waals surface area contributed by atoms with Crippen molar-refractivity contribution in [3.05, 3.63) is 92.4 Å². The minimum Gasteiger partial charge on any atom is -0.352 e. The molecule has 40 heavy (non-hydrogen) atoms. The highest BCUT2D eigenvalue weighted by molar-refractivity contribution is 9.10. The van der Waals surface area contributed by atoms with Crippen molar-refractivity contribution < 1.29 is 18.0 Å². The fraction of sp³-hybridized carbons (Fsp3) is 0.310. The van der Waals surface area contributed by atoms with Crippen LogP contribution in [0.15, 0.2) is 76.1 Å². The van der Waals surface area contributed by atoms with Gasteiger partial charge in [-0.25, -0.2) is 8.42 Å². The van der Waals surface area contributed by atoms with E-state index >= 15 is 0 Å². The lowest BCUT2D eigenvalue weighted by Gasteiger charge is -2.33. The van der Waals surface area contributed by atoms with Crippen molar-refractivity contribution in [2.24, 2.45) is 0 Å². The highest BCUT2D eigenvalue weighted by atomic mass is 79.9.